The van der Waals surface area contributed by atoms with E-state index in [0.717, 1.165) is 11.9 Å². The molecule has 0 saturated heterocycles. The maximum Gasteiger partial charge on any atom is 0.396 e. The van der Waals surface area contributed by atoms with Crippen molar-refractivity contribution in [3.05, 3.63) is 88.6 Å². The number of rotatable bonds is 10. The first-order valence-electron chi connectivity index (χ1n) is 12.1. The molecule has 8 heteroatoms. The highest BCUT2D eigenvalue weighted by Gasteiger charge is 2.26. The molecule has 1 aliphatic carbocycles. The number of nitrogens with one attached hydrogen (secondary N) is 1. The first kappa shape index (κ1) is 31.7. The van der Waals surface area contributed by atoms with Crippen molar-refractivity contribution in [3.63, 3.8) is 0 Å². The molecule has 1 aromatic carbocycles. The molecular weight excluding hydrogens is 489 g/mol. The molecule has 0 fully saturated rings. The van der Waals surface area contributed by atoms with Crippen LogP contribution < -0.4 is 5.09 Å². The van der Waals surface area contributed by atoms with Crippen LogP contribution in [-0.4, -0.2) is 28.5 Å². The van der Waals surface area contributed by atoms with Crippen LogP contribution >= 0.6 is 7.83 Å². The van der Waals surface area contributed by atoms with E-state index in [1.807, 2.05) is 24.2 Å². The predicted molar refractivity (Wildman–Crippen MR) is 147 cm³/mol. The third kappa shape index (κ3) is 12.5. The molecule has 0 spiro atoms. The summed E-state index contributed by atoms with van der Waals surface area (Å²) in [7, 11) is -2.95. The number of allylic oxidation sites excluding steroid dienone is 10. The Hall–Kier alpha value is -3.28. The van der Waals surface area contributed by atoms with Crippen LogP contribution in [0.1, 0.15) is 59.4 Å². The van der Waals surface area contributed by atoms with Gasteiger partial charge >= 0.3 is 13.8 Å². The molecule has 1 aromatic rings. The number of carboxylic acid groups (broad SMARTS) is 1. The summed E-state index contributed by atoms with van der Waals surface area (Å²) in [4.78, 5) is 21.1. The maximum atomic E-state index is 10.7. The van der Waals surface area contributed by atoms with Crippen LogP contribution in [0.5, 0.6) is 5.75 Å². The number of aldehydes is 1. The molecule has 200 valence electrons. The van der Waals surface area contributed by atoms with Gasteiger partial charge in [-0.2, -0.15) is 5.09 Å². The van der Waals surface area contributed by atoms with Crippen molar-refractivity contribution in [3.8, 4) is 5.75 Å². The monoisotopic (exact) mass is 527 g/mol. The Balaban J connectivity index is 0.000000384. The topological polar surface area (TPSA) is 121 Å². The summed E-state index contributed by atoms with van der Waals surface area (Å²) in [5, 5.41) is 19.7. The Morgan fingerprint density at radius 1 is 1.11 bits per heavy atom. The minimum Gasteiger partial charge on any atom is -0.508 e. The van der Waals surface area contributed by atoms with Gasteiger partial charge < -0.3 is 10.2 Å². The Morgan fingerprint density at radius 2 is 1.73 bits per heavy atom. The van der Waals surface area contributed by atoms with Gasteiger partial charge in [-0.1, -0.05) is 67.5 Å². The van der Waals surface area contributed by atoms with Gasteiger partial charge in [-0.15, -0.1) is 0 Å². The molecular formula is C29H38NO6P. The summed E-state index contributed by atoms with van der Waals surface area (Å²) < 4.78 is 20.8. The van der Waals surface area contributed by atoms with Gasteiger partial charge in [0.15, 0.2) is 0 Å². The van der Waals surface area contributed by atoms with Crippen molar-refractivity contribution < 1.29 is 28.9 Å². The highest BCUT2D eigenvalue weighted by Crippen LogP contribution is 2.40. The Labute approximate surface area is 220 Å². The molecule has 3 N–H and O–H groups in total. The van der Waals surface area contributed by atoms with Gasteiger partial charge in [0.25, 0.3) is 0 Å². The summed E-state index contributed by atoms with van der Waals surface area (Å²) in [5.41, 5.74) is 6.10. The lowest BCUT2D eigenvalue weighted by Crippen LogP contribution is -2.33. The average Bonchev–Trinajstić information content (AvgIpc) is 2.79. The number of phenols is 1. The molecule has 7 nitrogen and oxygen atoms in total. The second kappa shape index (κ2) is 15.7. The third-order valence-electron chi connectivity index (χ3n) is 6.04. The average molecular weight is 528 g/mol. The van der Waals surface area contributed by atoms with Gasteiger partial charge in [0, 0.05) is 0 Å². The van der Waals surface area contributed by atoms with E-state index in [0.29, 0.717) is 5.56 Å². The van der Waals surface area contributed by atoms with Gasteiger partial charge in [-0.05, 0) is 86.8 Å². The molecule has 37 heavy (non-hydrogen) atoms. The summed E-state index contributed by atoms with van der Waals surface area (Å²) in [6.45, 7) is 10.9. The number of phenolic OH excluding ortho intramolecular Hbond substituents is 1. The van der Waals surface area contributed by atoms with Crippen LogP contribution in [-0.2, 0) is 25.1 Å². The van der Waals surface area contributed by atoms with E-state index < -0.39 is 19.8 Å². The first-order valence-corrected chi connectivity index (χ1v) is 13.3. The third-order valence-corrected chi connectivity index (χ3v) is 6.56. The SMILES string of the molecule is CC(C=CC=C(C)C=CC1=C(C)CCCC1(C)C)=CC=O.O=C(O)C(Cc1ccc(O)cc1)NP(=O)=O. The lowest BCUT2D eigenvalue weighted by molar-refractivity contribution is -0.138. The van der Waals surface area contributed by atoms with Crippen LogP contribution in [0.4, 0.5) is 0 Å². The molecule has 0 aliphatic heterocycles. The van der Waals surface area contributed by atoms with Crippen LogP contribution in [0, 0.1) is 5.41 Å². The zero-order chi connectivity index (χ0) is 28.0. The standard InChI is InChI=1S/C20H28O.C9H10NO5P/c1-16(8-6-9-17(2)13-15-21)11-12-19-18(3)10-7-14-20(19,4)5;11-7-3-1-6(2-4-7)5-8(9(12)13)10-16(14)15/h6,8-9,11-13,15H,7,10,14H2,1-5H3;1-4,8,11H,5H2,(H,12,13)(H,10,14,15). The largest absolute Gasteiger partial charge is 0.508 e. The van der Waals surface area contributed by atoms with Crippen LogP contribution in [0.15, 0.2) is 83.0 Å². The van der Waals surface area contributed by atoms with Crippen LogP contribution in [0.25, 0.3) is 0 Å². The van der Waals surface area contributed by atoms with Crippen molar-refractivity contribution in [1.82, 2.24) is 5.09 Å². The zero-order valence-electron chi connectivity index (χ0n) is 22.2. The summed E-state index contributed by atoms with van der Waals surface area (Å²) >= 11 is 0. The van der Waals surface area contributed by atoms with Gasteiger partial charge in [-0.3, -0.25) is 9.59 Å². The molecule has 2 rings (SSSR count). The lowest BCUT2D eigenvalue weighted by Gasteiger charge is -2.32. The summed E-state index contributed by atoms with van der Waals surface area (Å²) in [5.74, 6) is -1.18. The number of hydrogen-bond donors (Lipinski definition) is 3. The smallest absolute Gasteiger partial charge is 0.396 e. The fourth-order valence-corrected chi connectivity index (χ4v) is 4.43. The summed E-state index contributed by atoms with van der Waals surface area (Å²) in [6, 6.07) is 4.69. The van der Waals surface area contributed by atoms with Crippen LogP contribution in [0.3, 0.4) is 0 Å². The minimum absolute atomic E-state index is 0.0267. The molecule has 0 radical (unpaired) electrons. The number of carboxylic acids is 1. The van der Waals surface area contributed by atoms with E-state index in [2.05, 4.69) is 45.9 Å². The molecule has 0 heterocycles. The van der Waals surface area contributed by atoms with Gasteiger partial charge in [0.1, 0.15) is 18.1 Å². The zero-order valence-corrected chi connectivity index (χ0v) is 23.1. The van der Waals surface area contributed by atoms with E-state index in [9.17, 15) is 18.7 Å². The molecule has 0 amide bonds. The van der Waals surface area contributed by atoms with E-state index in [-0.39, 0.29) is 17.6 Å². The quantitative estimate of drug-likeness (QED) is 0.133. The first-order chi connectivity index (χ1) is 17.4. The van der Waals surface area contributed by atoms with Gasteiger partial charge in [-0.25, -0.2) is 9.13 Å². The van der Waals surface area contributed by atoms with Crippen molar-refractivity contribution in [2.75, 3.05) is 0 Å². The highest BCUT2D eigenvalue weighted by atomic mass is 31.1. The number of aromatic hydroxyl groups is 1. The van der Waals surface area contributed by atoms with Crippen molar-refractivity contribution in [2.24, 2.45) is 5.41 Å². The Morgan fingerprint density at radius 3 is 2.27 bits per heavy atom. The fraction of sp³-hybridized carbons (Fsp3) is 0.379. The normalized spacial score (nSPS) is 16.9. The molecule has 1 unspecified atom stereocenters. The second-order valence-electron chi connectivity index (χ2n) is 9.73. The van der Waals surface area contributed by atoms with E-state index >= 15 is 0 Å². The number of benzene rings is 1. The summed E-state index contributed by atoms with van der Waals surface area (Å²) in [6.07, 6.45) is 16.7. The lowest BCUT2D eigenvalue weighted by atomic mass is 9.72. The minimum atomic E-state index is -2.95. The van der Waals surface area contributed by atoms with Gasteiger partial charge in [0.2, 0.25) is 0 Å². The van der Waals surface area contributed by atoms with E-state index in [4.69, 9.17) is 10.2 Å². The highest BCUT2D eigenvalue weighted by molar-refractivity contribution is 7.28. The number of carbonyl (C=O) groups is 2. The van der Waals surface area contributed by atoms with Crippen molar-refractivity contribution in [1.29, 1.82) is 0 Å². The molecule has 0 saturated carbocycles. The second-order valence-corrected chi connectivity index (χ2v) is 10.5. The van der Waals surface area contributed by atoms with Crippen molar-refractivity contribution in [2.45, 2.75) is 66.3 Å². The molecule has 1 aliphatic rings. The molecule has 1 atom stereocenters. The molecule has 0 bridgehead atoms. The van der Waals surface area contributed by atoms with Gasteiger partial charge in [0.05, 0.1) is 0 Å². The van der Waals surface area contributed by atoms with Crippen LogP contribution in [0.2, 0.25) is 0 Å². The number of carbonyl (C=O) groups excluding carboxylic acids is 1. The maximum absolute atomic E-state index is 10.7. The van der Waals surface area contributed by atoms with E-state index in [1.165, 1.54) is 60.2 Å². The number of aliphatic carboxylic acids is 1. The van der Waals surface area contributed by atoms with E-state index in [1.54, 1.807) is 6.08 Å². The Kier molecular flexibility index (Phi) is 13.5. The number of hydrogen-bond acceptors (Lipinski definition) is 5. The Bertz CT molecular complexity index is 1140. The molecule has 0 aromatic heterocycles. The van der Waals surface area contributed by atoms with Crippen molar-refractivity contribution >= 4 is 20.1 Å². The predicted octanol–water partition coefficient (Wildman–Crippen LogP) is 6.78. The fourth-order valence-electron chi connectivity index (χ4n) is 3.98.